The first-order chi connectivity index (χ1) is 26.2. The number of amides is 1. The number of nitro groups is 1. The Kier molecular flexibility index (Phi) is 11.9. The number of esters is 1. The molecular weight excluding hydrogens is 694 g/mol. The lowest BCUT2D eigenvalue weighted by Crippen LogP contribution is -2.16. The molecule has 0 bridgehead atoms. The van der Waals surface area contributed by atoms with Crippen molar-refractivity contribution in [1.29, 1.82) is 0 Å². The highest BCUT2D eigenvalue weighted by atomic mass is 17.2. The van der Waals surface area contributed by atoms with Gasteiger partial charge in [-0.05, 0) is 100 Å². The maximum atomic E-state index is 13.6. The zero-order chi connectivity index (χ0) is 38.0. The molecule has 0 aliphatic heterocycles. The van der Waals surface area contributed by atoms with Gasteiger partial charge in [-0.2, -0.15) is 0 Å². The van der Waals surface area contributed by atoms with E-state index < -0.39 is 16.8 Å². The number of carbonyl (C=O) groups excluding carboxylic acids is 2. The monoisotopic (exact) mass is 731 g/mol. The Hall–Kier alpha value is -6.54. The quantitative estimate of drug-likeness (QED) is 0.0324. The summed E-state index contributed by atoms with van der Waals surface area (Å²) < 4.78 is 17.3. The Morgan fingerprint density at radius 1 is 0.722 bits per heavy atom. The number of nitrogens with one attached hydrogen (secondary N) is 2. The second-order valence-electron chi connectivity index (χ2n) is 12.2. The summed E-state index contributed by atoms with van der Waals surface area (Å²) in [6.07, 6.45) is 0. The molecular formula is C41H37N3O10. The third-order valence-electron chi connectivity index (χ3n) is 8.38. The van der Waals surface area contributed by atoms with E-state index in [0.717, 1.165) is 33.2 Å². The van der Waals surface area contributed by atoms with Crippen molar-refractivity contribution in [3.8, 4) is 11.5 Å². The first-order valence-corrected chi connectivity index (χ1v) is 16.8. The molecule has 0 aliphatic rings. The minimum absolute atomic E-state index is 0.0516. The summed E-state index contributed by atoms with van der Waals surface area (Å²) in [7, 11) is 2.75. The van der Waals surface area contributed by atoms with Crippen LogP contribution in [0.15, 0.2) is 109 Å². The summed E-state index contributed by atoms with van der Waals surface area (Å²) in [6.45, 7) is 2.62. The van der Waals surface area contributed by atoms with Crippen molar-refractivity contribution in [2.24, 2.45) is 0 Å². The molecule has 0 heterocycles. The minimum atomic E-state index is -0.567. The van der Waals surface area contributed by atoms with Crippen molar-refractivity contribution in [2.45, 2.75) is 20.1 Å². The zero-order valence-electron chi connectivity index (χ0n) is 29.8. The van der Waals surface area contributed by atoms with Crippen molar-refractivity contribution in [2.75, 3.05) is 38.2 Å². The van der Waals surface area contributed by atoms with E-state index in [4.69, 9.17) is 28.8 Å². The second kappa shape index (κ2) is 17.3. The average Bonchev–Trinajstić information content (AvgIpc) is 3.17. The van der Waals surface area contributed by atoms with Crippen LogP contribution in [0.25, 0.3) is 21.5 Å². The number of methoxy groups -OCH3 is 1. The van der Waals surface area contributed by atoms with E-state index in [0.29, 0.717) is 22.1 Å². The lowest BCUT2D eigenvalue weighted by atomic mass is 10.0. The van der Waals surface area contributed by atoms with Crippen LogP contribution in [-0.4, -0.2) is 44.2 Å². The molecule has 1 amide bonds. The highest BCUT2D eigenvalue weighted by molar-refractivity contribution is 6.09. The fourth-order valence-corrected chi connectivity index (χ4v) is 5.76. The van der Waals surface area contributed by atoms with E-state index in [1.54, 1.807) is 36.4 Å². The highest BCUT2D eigenvalue weighted by Crippen LogP contribution is 2.31. The van der Waals surface area contributed by atoms with Gasteiger partial charge in [-0.3, -0.25) is 25.2 Å². The van der Waals surface area contributed by atoms with Crippen molar-refractivity contribution in [1.82, 2.24) is 0 Å². The van der Waals surface area contributed by atoms with Gasteiger partial charge >= 0.3 is 5.97 Å². The molecule has 276 valence electrons. The molecule has 0 unspecified atom stereocenters. The normalized spacial score (nSPS) is 10.9. The van der Waals surface area contributed by atoms with Gasteiger partial charge in [-0.25, -0.2) is 14.6 Å². The fraction of sp³-hybridized carbons (Fsp3) is 0.171. The Labute approximate surface area is 310 Å². The molecule has 6 aromatic carbocycles. The van der Waals surface area contributed by atoms with Crippen molar-refractivity contribution in [3.63, 3.8) is 0 Å². The summed E-state index contributed by atoms with van der Waals surface area (Å²) >= 11 is 0. The molecule has 54 heavy (non-hydrogen) atoms. The lowest BCUT2D eigenvalue weighted by molar-refractivity contribution is -0.384. The van der Waals surface area contributed by atoms with Crippen LogP contribution in [0.1, 0.15) is 37.4 Å². The Morgan fingerprint density at radius 3 is 2.20 bits per heavy atom. The number of rotatable bonds is 16. The van der Waals surface area contributed by atoms with E-state index in [9.17, 15) is 19.7 Å². The summed E-state index contributed by atoms with van der Waals surface area (Å²) in [5, 5.41) is 17.2. The molecule has 6 rings (SSSR count). The largest absolute Gasteiger partial charge is 0.490 e. The molecule has 0 fully saturated rings. The fourth-order valence-electron chi connectivity index (χ4n) is 5.76. The van der Waals surface area contributed by atoms with Gasteiger partial charge in [0.2, 0.25) is 0 Å². The lowest BCUT2D eigenvalue weighted by Gasteiger charge is -2.16. The van der Waals surface area contributed by atoms with Gasteiger partial charge in [0, 0.05) is 23.4 Å². The number of benzene rings is 6. The highest BCUT2D eigenvalue weighted by Gasteiger charge is 2.18. The van der Waals surface area contributed by atoms with Crippen molar-refractivity contribution < 1.29 is 43.3 Å². The van der Waals surface area contributed by atoms with Crippen LogP contribution in [0.5, 0.6) is 11.5 Å². The number of carbonyl (C=O) groups is 2. The van der Waals surface area contributed by atoms with Crippen molar-refractivity contribution in [3.05, 3.63) is 147 Å². The number of non-ortho nitro benzene ring substituents is 1. The maximum absolute atomic E-state index is 13.6. The first kappa shape index (κ1) is 37.2. The number of hydrogen-bond donors (Lipinski definition) is 2. The SMILES string of the molecule is COOCc1ccc2cc(OCCOc3cc4ccc(C(=O)OC)cc4cc3C(=O)Nc3cccc([N+](=O)[O-])c3)c(CONc3cccc(C)c3)cc2c1. The van der Waals surface area contributed by atoms with E-state index >= 15 is 0 Å². The number of ether oxygens (including phenoxy) is 3. The summed E-state index contributed by atoms with van der Waals surface area (Å²) in [5.74, 6) is -0.269. The van der Waals surface area contributed by atoms with E-state index in [1.165, 1.54) is 32.4 Å². The molecule has 0 aliphatic carbocycles. The third kappa shape index (κ3) is 9.27. The third-order valence-corrected chi connectivity index (χ3v) is 8.38. The number of nitro benzene ring substituents is 1. The smallest absolute Gasteiger partial charge is 0.337 e. The first-order valence-electron chi connectivity index (χ1n) is 16.8. The Bertz CT molecular complexity index is 2330. The Morgan fingerprint density at radius 2 is 1.44 bits per heavy atom. The summed E-state index contributed by atoms with van der Waals surface area (Å²) in [5.41, 5.74) is 7.11. The minimum Gasteiger partial charge on any atom is -0.490 e. The van der Waals surface area contributed by atoms with Gasteiger partial charge in [-0.1, -0.05) is 36.4 Å². The van der Waals surface area contributed by atoms with Gasteiger partial charge in [0.25, 0.3) is 11.6 Å². The van der Waals surface area contributed by atoms with E-state index in [1.807, 2.05) is 61.5 Å². The average molecular weight is 732 g/mol. The second-order valence-corrected chi connectivity index (χ2v) is 12.2. The molecule has 2 N–H and O–H groups in total. The molecule has 0 atom stereocenters. The van der Waals surface area contributed by atoms with Crippen LogP contribution in [0.4, 0.5) is 17.1 Å². The number of fused-ring (bicyclic) bond motifs is 2. The molecule has 0 spiro atoms. The van der Waals surface area contributed by atoms with Gasteiger partial charge in [0.1, 0.15) is 37.9 Å². The standard InChI is InChI=1S/C41H37N3O10/c1-26-6-4-8-35(16-26)43-53-25-33-19-31-17-27(24-54-50-3)10-11-28(31)21-38(33)51-14-15-52-39-22-29-12-13-30(41(46)49-2)18-32(29)20-37(39)40(45)42-34-7-5-9-36(23-34)44(47)48/h4-13,16-23,43H,14-15,24-25H2,1-3H3,(H,42,45). The number of aryl methyl sites for hydroxylation is 1. The van der Waals surface area contributed by atoms with E-state index in [-0.39, 0.29) is 49.1 Å². The summed E-state index contributed by atoms with van der Waals surface area (Å²) in [6, 6.07) is 31.5. The molecule has 6 aromatic rings. The van der Waals surface area contributed by atoms with Crippen LogP contribution in [0, 0.1) is 17.0 Å². The Balaban J connectivity index is 1.23. The van der Waals surface area contributed by atoms with Gasteiger partial charge in [0.15, 0.2) is 0 Å². The molecule has 0 saturated carbocycles. The summed E-state index contributed by atoms with van der Waals surface area (Å²) in [4.78, 5) is 52.4. The number of anilines is 2. The number of hydrogen-bond acceptors (Lipinski definition) is 11. The topological polar surface area (TPSA) is 157 Å². The molecule has 0 saturated heterocycles. The van der Waals surface area contributed by atoms with Gasteiger partial charge in [0.05, 0.1) is 36.0 Å². The van der Waals surface area contributed by atoms with Gasteiger partial charge < -0.3 is 19.5 Å². The van der Waals surface area contributed by atoms with Gasteiger partial charge in [-0.15, -0.1) is 0 Å². The van der Waals surface area contributed by atoms with Crippen LogP contribution in [0.3, 0.4) is 0 Å². The van der Waals surface area contributed by atoms with Crippen LogP contribution >= 0.6 is 0 Å². The number of nitrogens with zero attached hydrogens (tertiary/aromatic N) is 1. The molecule has 13 nitrogen and oxygen atoms in total. The predicted octanol–water partition coefficient (Wildman–Crippen LogP) is 8.33. The van der Waals surface area contributed by atoms with Crippen molar-refractivity contribution >= 4 is 50.5 Å². The van der Waals surface area contributed by atoms with Crippen LogP contribution < -0.4 is 20.3 Å². The molecule has 13 heteroatoms. The van der Waals surface area contributed by atoms with Crippen LogP contribution in [0.2, 0.25) is 0 Å². The molecule has 0 aromatic heterocycles. The predicted molar refractivity (Wildman–Crippen MR) is 203 cm³/mol. The maximum Gasteiger partial charge on any atom is 0.337 e. The molecule has 0 radical (unpaired) electrons. The zero-order valence-corrected chi connectivity index (χ0v) is 29.8. The van der Waals surface area contributed by atoms with Crippen LogP contribution in [-0.2, 0) is 32.6 Å². The van der Waals surface area contributed by atoms with E-state index in [2.05, 4.69) is 10.8 Å².